The zero-order valence-electron chi connectivity index (χ0n) is 14.7. The number of halogens is 2. The molecule has 1 atom stereocenters. The van der Waals surface area contributed by atoms with E-state index in [-0.39, 0.29) is 24.1 Å². The van der Waals surface area contributed by atoms with Crippen molar-refractivity contribution in [2.45, 2.75) is 5.92 Å². The highest BCUT2D eigenvalue weighted by molar-refractivity contribution is 6.35. The first kappa shape index (κ1) is 17.7. The summed E-state index contributed by atoms with van der Waals surface area (Å²) in [6, 6.07) is 12.8. The van der Waals surface area contributed by atoms with Crippen LogP contribution in [0.25, 0.3) is 11.3 Å². The molecule has 0 aliphatic carbocycles. The van der Waals surface area contributed by atoms with E-state index in [0.29, 0.717) is 38.4 Å². The van der Waals surface area contributed by atoms with Gasteiger partial charge in [0, 0.05) is 15.6 Å². The highest BCUT2D eigenvalue weighted by Crippen LogP contribution is 2.48. The molecule has 3 N–H and O–H groups in total. The van der Waals surface area contributed by atoms with Crippen LogP contribution in [0.4, 0.5) is 0 Å². The SMILES string of the molecule is N#CC1=C(N)Oc2n[nH]c(-c3ccc4c(c3)OCO4)c2[C@H]1c1ccc(Cl)cc1Cl. The van der Waals surface area contributed by atoms with Gasteiger partial charge in [-0.1, -0.05) is 29.3 Å². The van der Waals surface area contributed by atoms with E-state index in [1.54, 1.807) is 18.2 Å². The van der Waals surface area contributed by atoms with Crippen LogP contribution in [0, 0.1) is 11.3 Å². The first-order valence-electron chi connectivity index (χ1n) is 8.57. The molecule has 2 aliphatic rings. The summed E-state index contributed by atoms with van der Waals surface area (Å²) in [6.45, 7) is 0.170. The van der Waals surface area contributed by atoms with E-state index in [0.717, 1.165) is 5.56 Å². The number of hydrogen-bond donors (Lipinski definition) is 2. The molecule has 29 heavy (non-hydrogen) atoms. The number of nitrogens with one attached hydrogen (secondary N) is 1. The number of rotatable bonds is 2. The van der Waals surface area contributed by atoms with Gasteiger partial charge in [-0.05, 0) is 35.9 Å². The normalized spacial score (nSPS) is 16.9. The van der Waals surface area contributed by atoms with Crippen LogP contribution in [0.5, 0.6) is 17.4 Å². The fourth-order valence-electron chi connectivity index (χ4n) is 3.56. The summed E-state index contributed by atoms with van der Waals surface area (Å²) in [6.07, 6.45) is 0. The van der Waals surface area contributed by atoms with E-state index < -0.39 is 5.92 Å². The molecule has 0 saturated carbocycles. The molecular formula is C20H12Cl2N4O3. The Morgan fingerprint density at radius 3 is 2.76 bits per heavy atom. The van der Waals surface area contributed by atoms with Gasteiger partial charge >= 0.3 is 0 Å². The minimum Gasteiger partial charge on any atom is -0.454 e. The number of nitrogens with zero attached hydrogens (tertiary/aromatic N) is 2. The van der Waals surface area contributed by atoms with Crippen LogP contribution in [-0.2, 0) is 0 Å². The average molecular weight is 427 g/mol. The van der Waals surface area contributed by atoms with Gasteiger partial charge in [-0.25, -0.2) is 0 Å². The van der Waals surface area contributed by atoms with Crippen LogP contribution in [-0.4, -0.2) is 17.0 Å². The maximum atomic E-state index is 9.79. The Labute approximate surface area is 175 Å². The molecular weight excluding hydrogens is 415 g/mol. The zero-order valence-corrected chi connectivity index (χ0v) is 16.2. The van der Waals surface area contributed by atoms with E-state index in [4.69, 9.17) is 43.1 Å². The largest absolute Gasteiger partial charge is 0.454 e. The van der Waals surface area contributed by atoms with Gasteiger partial charge in [0.15, 0.2) is 11.5 Å². The number of nitrogens with two attached hydrogens (primary N) is 1. The summed E-state index contributed by atoms with van der Waals surface area (Å²) < 4.78 is 16.5. The number of nitriles is 1. The lowest BCUT2D eigenvalue weighted by Crippen LogP contribution is -2.21. The second-order valence-electron chi connectivity index (χ2n) is 6.48. The van der Waals surface area contributed by atoms with Crippen LogP contribution in [0.1, 0.15) is 17.0 Å². The van der Waals surface area contributed by atoms with Gasteiger partial charge in [-0.3, -0.25) is 5.10 Å². The quantitative estimate of drug-likeness (QED) is 0.631. The third-order valence-corrected chi connectivity index (χ3v) is 5.44. The average Bonchev–Trinajstić information content (AvgIpc) is 3.33. The number of H-pyrrole nitrogens is 1. The van der Waals surface area contributed by atoms with Crippen LogP contribution in [0.15, 0.2) is 47.9 Å². The minimum atomic E-state index is -0.576. The maximum absolute atomic E-state index is 9.79. The van der Waals surface area contributed by atoms with Gasteiger partial charge in [-0.2, -0.15) is 5.26 Å². The number of aromatic nitrogens is 2. The second kappa shape index (κ2) is 6.62. The fourth-order valence-corrected chi connectivity index (χ4v) is 4.08. The zero-order chi connectivity index (χ0) is 20.1. The predicted octanol–water partition coefficient (Wildman–Crippen LogP) is 4.33. The molecule has 3 heterocycles. The molecule has 3 aromatic rings. The monoisotopic (exact) mass is 426 g/mol. The van der Waals surface area contributed by atoms with E-state index in [1.165, 1.54) is 0 Å². The fraction of sp³-hybridized carbons (Fsp3) is 0.100. The molecule has 1 aromatic heterocycles. The highest BCUT2D eigenvalue weighted by atomic mass is 35.5. The molecule has 2 aliphatic heterocycles. The molecule has 0 fully saturated rings. The van der Waals surface area contributed by atoms with Crippen molar-refractivity contribution in [3.05, 3.63) is 69.0 Å². The molecule has 0 spiro atoms. The topological polar surface area (TPSA) is 106 Å². The smallest absolute Gasteiger partial charge is 0.244 e. The first-order valence-corrected chi connectivity index (χ1v) is 9.33. The summed E-state index contributed by atoms with van der Waals surface area (Å²) in [5.41, 5.74) is 9.02. The van der Waals surface area contributed by atoms with Crippen molar-refractivity contribution in [1.82, 2.24) is 10.2 Å². The molecule has 0 amide bonds. The number of benzene rings is 2. The van der Waals surface area contributed by atoms with E-state index in [9.17, 15) is 5.26 Å². The number of aromatic amines is 1. The third kappa shape index (κ3) is 2.77. The highest BCUT2D eigenvalue weighted by Gasteiger charge is 2.37. The lowest BCUT2D eigenvalue weighted by molar-refractivity contribution is 0.174. The molecule has 7 nitrogen and oxygen atoms in total. The third-order valence-electron chi connectivity index (χ3n) is 4.87. The van der Waals surface area contributed by atoms with Crippen molar-refractivity contribution in [3.63, 3.8) is 0 Å². The van der Waals surface area contributed by atoms with E-state index in [2.05, 4.69) is 16.3 Å². The van der Waals surface area contributed by atoms with Crippen molar-refractivity contribution >= 4 is 23.2 Å². The number of ether oxygens (including phenoxy) is 3. The van der Waals surface area contributed by atoms with Crippen LogP contribution in [0.2, 0.25) is 10.0 Å². The molecule has 5 rings (SSSR count). The van der Waals surface area contributed by atoms with E-state index >= 15 is 0 Å². The molecule has 144 valence electrons. The summed E-state index contributed by atoms with van der Waals surface area (Å²) in [4.78, 5) is 0. The van der Waals surface area contributed by atoms with Gasteiger partial charge in [0.1, 0.15) is 11.6 Å². The number of hydrogen-bond acceptors (Lipinski definition) is 6. The van der Waals surface area contributed by atoms with Crippen molar-refractivity contribution in [2.24, 2.45) is 5.73 Å². The Bertz CT molecular complexity index is 1230. The predicted molar refractivity (Wildman–Crippen MR) is 106 cm³/mol. The van der Waals surface area contributed by atoms with Crippen molar-refractivity contribution < 1.29 is 14.2 Å². The Balaban J connectivity index is 1.73. The van der Waals surface area contributed by atoms with Crippen molar-refractivity contribution in [3.8, 4) is 34.7 Å². The Kier molecular flexibility index (Phi) is 4.05. The van der Waals surface area contributed by atoms with Gasteiger partial charge in [-0.15, -0.1) is 5.10 Å². The lowest BCUT2D eigenvalue weighted by atomic mass is 9.83. The van der Waals surface area contributed by atoms with Gasteiger partial charge in [0.25, 0.3) is 0 Å². The standard InChI is InChI=1S/C20H12Cl2N4O3/c21-10-2-3-11(13(22)6-10)16-12(7-23)19(24)29-20-17(16)18(25-26-20)9-1-4-14-15(5-9)28-8-27-14/h1-6,16H,8,24H2,(H,25,26)/t16-/m0/s1. The molecule has 0 radical (unpaired) electrons. The second-order valence-corrected chi connectivity index (χ2v) is 7.32. The van der Waals surface area contributed by atoms with Gasteiger partial charge in [0.05, 0.1) is 17.2 Å². The van der Waals surface area contributed by atoms with Crippen LogP contribution < -0.4 is 19.9 Å². The van der Waals surface area contributed by atoms with Crippen molar-refractivity contribution in [2.75, 3.05) is 6.79 Å². The Morgan fingerprint density at radius 1 is 1.14 bits per heavy atom. The summed E-state index contributed by atoms with van der Waals surface area (Å²) in [7, 11) is 0. The molecule has 0 unspecified atom stereocenters. The lowest BCUT2D eigenvalue weighted by Gasteiger charge is -2.25. The first-order chi connectivity index (χ1) is 14.1. The summed E-state index contributed by atoms with van der Waals surface area (Å²) in [5.74, 6) is 0.981. The summed E-state index contributed by atoms with van der Waals surface area (Å²) in [5, 5.41) is 17.9. The van der Waals surface area contributed by atoms with Crippen LogP contribution in [0.3, 0.4) is 0 Å². The van der Waals surface area contributed by atoms with Crippen molar-refractivity contribution in [1.29, 1.82) is 5.26 Å². The maximum Gasteiger partial charge on any atom is 0.244 e. The van der Waals surface area contributed by atoms with Gasteiger partial charge in [0.2, 0.25) is 18.6 Å². The number of fused-ring (bicyclic) bond motifs is 2. The minimum absolute atomic E-state index is 0.0141. The Hall–Kier alpha value is -3.34. The summed E-state index contributed by atoms with van der Waals surface area (Å²) >= 11 is 12.5. The molecule has 9 heteroatoms. The molecule has 2 aromatic carbocycles. The Morgan fingerprint density at radius 2 is 1.97 bits per heavy atom. The van der Waals surface area contributed by atoms with Crippen LogP contribution >= 0.6 is 23.2 Å². The molecule has 0 saturated heterocycles. The van der Waals surface area contributed by atoms with E-state index in [1.807, 2.05) is 18.2 Å². The number of allylic oxidation sites excluding steroid dienone is 1. The molecule has 0 bridgehead atoms. The van der Waals surface area contributed by atoms with Gasteiger partial charge < -0.3 is 19.9 Å².